The van der Waals surface area contributed by atoms with Crippen molar-refractivity contribution in [2.24, 2.45) is 0 Å². The number of benzene rings is 1. The molecule has 0 unspecified atom stereocenters. The summed E-state index contributed by atoms with van der Waals surface area (Å²) >= 11 is 5.41. The molecule has 0 aliphatic heterocycles. The first-order chi connectivity index (χ1) is 7.10. The Kier molecular flexibility index (Phi) is 4.20. The molecule has 0 radical (unpaired) electrons. The SMILES string of the molecule is COc1cc([C@@H](O)[C@H](O)CCl)ccc1O. The predicted octanol–water partition coefficient (Wildman–Crippen LogP) is 1.03. The minimum atomic E-state index is -1.09. The minimum Gasteiger partial charge on any atom is -0.504 e. The van der Waals surface area contributed by atoms with Crippen molar-refractivity contribution < 1.29 is 20.1 Å². The number of aromatic hydroxyl groups is 1. The molecule has 1 aromatic rings. The standard InChI is InChI=1S/C10H13ClO4/c1-15-9-4-6(2-3-7(9)12)10(14)8(13)5-11/h2-4,8,10,12-14H,5H2,1H3/t8-,10-/m1/s1. The van der Waals surface area contributed by atoms with E-state index in [0.717, 1.165) is 0 Å². The quantitative estimate of drug-likeness (QED) is 0.679. The normalized spacial score (nSPS) is 14.7. The molecular weight excluding hydrogens is 220 g/mol. The van der Waals surface area contributed by atoms with Gasteiger partial charge in [-0.15, -0.1) is 11.6 Å². The van der Waals surface area contributed by atoms with Crippen molar-refractivity contribution in [3.05, 3.63) is 23.8 Å². The van der Waals surface area contributed by atoms with Gasteiger partial charge in [-0.05, 0) is 17.7 Å². The molecule has 0 amide bonds. The van der Waals surface area contributed by atoms with Gasteiger partial charge in [0.15, 0.2) is 11.5 Å². The van der Waals surface area contributed by atoms with E-state index in [0.29, 0.717) is 5.56 Å². The summed E-state index contributed by atoms with van der Waals surface area (Å²) < 4.78 is 4.87. The first kappa shape index (κ1) is 12.1. The number of phenolic OH excluding ortho intramolecular Hbond substituents is 1. The van der Waals surface area contributed by atoms with Gasteiger partial charge in [-0.25, -0.2) is 0 Å². The molecule has 3 N–H and O–H groups in total. The summed E-state index contributed by atoms with van der Waals surface area (Å²) in [6.45, 7) is 0. The van der Waals surface area contributed by atoms with E-state index < -0.39 is 12.2 Å². The van der Waals surface area contributed by atoms with Crippen LogP contribution in [0.15, 0.2) is 18.2 Å². The minimum absolute atomic E-state index is 0.0196. The molecule has 4 nitrogen and oxygen atoms in total. The zero-order valence-corrected chi connectivity index (χ0v) is 8.98. The van der Waals surface area contributed by atoms with E-state index in [1.54, 1.807) is 0 Å². The summed E-state index contributed by atoms with van der Waals surface area (Å²) in [5.41, 5.74) is 0.442. The highest BCUT2D eigenvalue weighted by atomic mass is 35.5. The second kappa shape index (κ2) is 5.21. The van der Waals surface area contributed by atoms with Crippen LogP contribution in [0.1, 0.15) is 11.7 Å². The Morgan fingerprint density at radius 2 is 2.07 bits per heavy atom. The van der Waals surface area contributed by atoms with E-state index in [9.17, 15) is 15.3 Å². The fourth-order valence-corrected chi connectivity index (χ4v) is 1.35. The van der Waals surface area contributed by atoms with Gasteiger partial charge in [0.05, 0.1) is 19.1 Å². The van der Waals surface area contributed by atoms with Crippen LogP contribution in [0.25, 0.3) is 0 Å². The third-order valence-electron chi connectivity index (χ3n) is 2.07. The van der Waals surface area contributed by atoms with Gasteiger partial charge in [0, 0.05) is 0 Å². The van der Waals surface area contributed by atoms with Crippen LogP contribution in [0, 0.1) is 0 Å². The Balaban J connectivity index is 2.95. The average molecular weight is 233 g/mol. The number of hydrogen-bond donors (Lipinski definition) is 3. The van der Waals surface area contributed by atoms with Gasteiger partial charge in [0.2, 0.25) is 0 Å². The molecule has 2 atom stereocenters. The van der Waals surface area contributed by atoms with Crippen LogP contribution in [0.4, 0.5) is 0 Å². The van der Waals surface area contributed by atoms with Crippen LogP contribution < -0.4 is 4.74 Å². The topological polar surface area (TPSA) is 69.9 Å². The van der Waals surface area contributed by atoms with Gasteiger partial charge in [-0.2, -0.15) is 0 Å². The fourth-order valence-electron chi connectivity index (χ4n) is 1.18. The number of hydrogen-bond acceptors (Lipinski definition) is 4. The van der Waals surface area contributed by atoms with Crippen molar-refractivity contribution in [1.82, 2.24) is 0 Å². The van der Waals surface area contributed by atoms with E-state index in [1.807, 2.05) is 0 Å². The van der Waals surface area contributed by atoms with Crippen LogP contribution >= 0.6 is 11.6 Å². The third-order valence-corrected chi connectivity index (χ3v) is 2.38. The van der Waals surface area contributed by atoms with Crippen LogP contribution in [-0.4, -0.2) is 34.4 Å². The lowest BCUT2D eigenvalue weighted by molar-refractivity contribution is 0.0325. The molecule has 0 heterocycles. The van der Waals surface area contributed by atoms with Gasteiger partial charge in [-0.1, -0.05) is 6.07 Å². The van der Waals surface area contributed by atoms with E-state index in [1.165, 1.54) is 25.3 Å². The first-order valence-corrected chi connectivity index (χ1v) is 4.92. The first-order valence-electron chi connectivity index (χ1n) is 4.39. The molecule has 0 saturated carbocycles. The number of rotatable bonds is 4. The molecule has 0 aliphatic carbocycles. The summed E-state index contributed by atoms with van der Waals surface area (Å²) in [5, 5.41) is 28.3. The maximum absolute atomic E-state index is 9.63. The summed E-state index contributed by atoms with van der Waals surface area (Å²) in [6.07, 6.45) is -2.13. The predicted molar refractivity (Wildman–Crippen MR) is 56.3 cm³/mol. The lowest BCUT2D eigenvalue weighted by Crippen LogP contribution is -2.19. The maximum atomic E-state index is 9.63. The molecule has 1 aromatic carbocycles. The fraction of sp³-hybridized carbons (Fsp3) is 0.400. The van der Waals surface area contributed by atoms with Crippen LogP contribution in [0.3, 0.4) is 0 Å². The lowest BCUT2D eigenvalue weighted by atomic mass is 10.0. The molecule has 1 rings (SSSR count). The van der Waals surface area contributed by atoms with E-state index in [-0.39, 0.29) is 17.4 Å². The van der Waals surface area contributed by atoms with E-state index in [2.05, 4.69) is 0 Å². The molecule has 0 fully saturated rings. The molecule has 0 spiro atoms. The van der Waals surface area contributed by atoms with Gasteiger partial charge in [-0.3, -0.25) is 0 Å². The van der Waals surface area contributed by atoms with Crippen LogP contribution in [0.2, 0.25) is 0 Å². The van der Waals surface area contributed by atoms with Crippen molar-refractivity contribution in [3.63, 3.8) is 0 Å². The Labute approximate surface area is 92.7 Å². The Hall–Kier alpha value is -0.970. The number of ether oxygens (including phenoxy) is 1. The zero-order chi connectivity index (χ0) is 11.4. The van der Waals surface area contributed by atoms with Crippen LogP contribution in [0.5, 0.6) is 11.5 Å². The van der Waals surface area contributed by atoms with Gasteiger partial charge in [0.1, 0.15) is 6.10 Å². The van der Waals surface area contributed by atoms with Crippen molar-refractivity contribution in [2.45, 2.75) is 12.2 Å². The molecular formula is C10H13ClO4. The van der Waals surface area contributed by atoms with E-state index in [4.69, 9.17) is 16.3 Å². The van der Waals surface area contributed by atoms with Crippen molar-refractivity contribution in [1.29, 1.82) is 0 Å². The summed E-state index contributed by atoms with van der Waals surface area (Å²) in [6, 6.07) is 4.34. The third kappa shape index (κ3) is 2.75. The van der Waals surface area contributed by atoms with Crippen LogP contribution in [-0.2, 0) is 0 Å². The monoisotopic (exact) mass is 232 g/mol. The number of aliphatic hydroxyl groups is 2. The summed E-state index contributed by atoms with van der Waals surface area (Å²) in [4.78, 5) is 0. The molecule has 5 heteroatoms. The van der Waals surface area contributed by atoms with Gasteiger partial charge < -0.3 is 20.1 Å². The molecule has 84 valence electrons. The van der Waals surface area contributed by atoms with Crippen molar-refractivity contribution in [2.75, 3.05) is 13.0 Å². The highest BCUT2D eigenvalue weighted by Crippen LogP contribution is 2.30. The Bertz CT molecular complexity index is 329. The molecule has 0 bridgehead atoms. The number of halogens is 1. The largest absolute Gasteiger partial charge is 0.504 e. The van der Waals surface area contributed by atoms with E-state index >= 15 is 0 Å². The second-order valence-electron chi connectivity index (χ2n) is 3.10. The lowest BCUT2D eigenvalue weighted by Gasteiger charge is -2.16. The number of phenols is 1. The molecule has 0 saturated heterocycles. The maximum Gasteiger partial charge on any atom is 0.160 e. The number of alkyl halides is 1. The number of methoxy groups -OCH3 is 1. The van der Waals surface area contributed by atoms with Crippen molar-refractivity contribution >= 4 is 11.6 Å². The number of aliphatic hydroxyl groups excluding tert-OH is 2. The van der Waals surface area contributed by atoms with Gasteiger partial charge >= 0.3 is 0 Å². The summed E-state index contributed by atoms with van der Waals surface area (Å²) in [7, 11) is 1.41. The highest BCUT2D eigenvalue weighted by Gasteiger charge is 2.18. The zero-order valence-electron chi connectivity index (χ0n) is 8.22. The molecule has 0 aliphatic rings. The average Bonchev–Trinajstić information content (AvgIpc) is 2.27. The second-order valence-corrected chi connectivity index (χ2v) is 3.41. The Morgan fingerprint density at radius 1 is 1.40 bits per heavy atom. The van der Waals surface area contributed by atoms with Gasteiger partial charge in [0.25, 0.3) is 0 Å². The highest BCUT2D eigenvalue weighted by molar-refractivity contribution is 6.18. The summed E-state index contributed by atoms with van der Waals surface area (Å²) in [5.74, 6) is 0.159. The smallest absolute Gasteiger partial charge is 0.160 e. The molecule has 15 heavy (non-hydrogen) atoms. The Morgan fingerprint density at radius 3 is 2.60 bits per heavy atom. The van der Waals surface area contributed by atoms with Crippen molar-refractivity contribution in [3.8, 4) is 11.5 Å². The molecule has 0 aromatic heterocycles.